The molecule has 0 fully saturated rings. The minimum Gasteiger partial charge on any atom is -0.502 e. The zero-order valence-electron chi connectivity index (χ0n) is 20.1. The molecule has 0 unspecified atom stereocenters. The van der Waals surface area contributed by atoms with E-state index in [-0.39, 0.29) is 17.2 Å². The van der Waals surface area contributed by atoms with Crippen molar-refractivity contribution >= 4 is 44.7 Å². The minimum absolute atomic E-state index is 0.173. The van der Waals surface area contributed by atoms with Crippen molar-refractivity contribution < 1.29 is 14.8 Å². The van der Waals surface area contributed by atoms with Gasteiger partial charge in [-0.2, -0.15) is 0 Å². The molecule has 6 rings (SSSR count). The number of phenols is 1. The van der Waals surface area contributed by atoms with Gasteiger partial charge in [-0.3, -0.25) is 19.5 Å². The van der Waals surface area contributed by atoms with E-state index in [0.29, 0.717) is 13.8 Å². The summed E-state index contributed by atoms with van der Waals surface area (Å²) in [6.45, 7) is 0. The van der Waals surface area contributed by atoms with E-state index >= 15 is 0 Å². The molecule has 0 radical (unpaired) electrons. The Labute approximate surface area is 228 Å². The molecule has 3 aromatic carbocycles. The molecule has 2 aliphatic rings. The highest BCUT2D eigenvalue weighted by Crippen LogP contribution is 2.41. The van der Waals surface area contributed by atoms with Crippen molar-refractivity contribution in [3.63, 3.8) is 0 Å². The summed E-state index contributed by atoms with van der Waals surface area (Å²) >= 11 is 4.46. The van der Waals surface area contributed by atoms with Crippen LogP contribution in [0, 0.1) is 10.1 Å². The number of halogens is 1. The van der Waals surface area contributed by atoms with Gasteiger partial charge in [0.05, 0.1) is 28.3 Å². The molecule has 2 heterocycles. The van der Waals surface area contributed by atoms with Crippen LogP contribution in [0.15, 0.2) is 80.5 Å². The van der Waals surface area contributed by atoms with Gasteiger partial charge in [0.1, 0.15) is 5.75 Å². The number of aryl methyl sites for hydroxylation is 1. The van der Waals surface area contributed by atoms with Gasteiger partial charge in [0, 0.05) is 21.7 Å². The van der Waals surface area contributed by atoms with Crippen LogP contribution in [-0.4, -0.2) is 21.7 Å². The van der Waals surface area contributed by atoms with Crippen LogP contribution in [0.25, 0.3) is 11.8 Å². The first-order chi connectivity index (χ1) is 18.4. The highest BCUT2D eigenvalue weighted by atomic mass is 79.9. The van der Waals surface area contributed by atoms with E-state index in [0.717, 1.165) is 41.0 Å². The number of benzene rings is 3. The van der Waals surface area contributed by atoms with Crippen LogP contribution in [0.3, 0.4) is 0 Å². The Morgan fingerprint density at radius 1 is 1.18 bits per heavy atom. The maximum Gasteiger partial charge on any atom is 0.312 e. The fourth-order valence-electron chi connectivity index (χ4n) is 5.10. The molecule has 190 valence electrons. The van der Waals surface area contributed by atoms with Crippen LogP contribution in [0.4, 0.5) is 5.69 Å². The normalized spacial score (nSPS) is 16.4. The Morgan fingerprint density at radius 2 is 1.95 bits per heavy atom. The van der Waals surface area contributed by atoms with Gasteiger partial charge < -0.3 is 9.84 Å². The summed E-state index contributed by atoms with van der Waals surface area (Å²) in [5, 5.41) is 22.0. The number of ether oxygens (including phenoxy) is 1. The predicted octanol–water partition coefficient (Wildman–Crippen LogP) is 4.70. The molecular weight excluding hydrogens is 570 g/mol. The van der Waals surface area contributed by atoms with Gasteiger partial charge in [-0.1, -0.05) is 63.7 Å². The van der Waals surface area contributed by atoms with Gasteiger partial charge in [-0.25, -0.2) is 4.99 Å². The predicted molar refractivity (Wildman–Crippen MR) is 148 cm³/mol. The fraction of sp³-hybridized carbons (Fsp3) is 0.143. The second kappa shape index (κ2) is 9.38. The highest BCUT2D eigenvalue weighted by molar-refractivity contribution is 9.10. The average Bonchev–Trinajstić information content (AvgIpc) is 3.23. The largest absolute Gasteiger partial charge is 0.502 e. The molecule has 0 amide bonds. The number of nitro groups is 1. The van der Waals surface area contributed by atoms with Crippen molar-refractivity contribution in [3.8, 4) is 11.5 Å². The number of allylic oxidation sites excluding steroid dienone is 1. The number of fused-ring (bicyclic) bond motifs is 3. The van der Waals surface area contributed by atoms with E-state index in [4.69, 9.17) is 9.73 Å². The lowest BCUT2D eigenvalue weighted by Gasteiger charge is -2.30. The summed E-state index contributed by atoms with van der Waals surface area (Å²) in [4.78, 5) is 30.1. The number of nitrogens with zero attached hydrogens (tertiary/aromatic N) is 3. The zero-order valence-corrected chi connectivity index (χ0v) is 22.5. The van der Waals surface area contributed by atoms with E-state index in [1.54, 1.807) is 17.7 Å². The van der Waals surface area contributed by atoms with Crippen molar-refractivity contribution in [2.24, 2.45) is 4.99 Å². The molecule has 1 aliphatic carbocycles. The molecule has 1 N–H and O–H groups in total. The van der Waals surface area contributed by atoms with Gasteiger partial charge >= 0.3 is 5.69 Å². The monoisotopic (exact) mass is 589 g/mol. The van der Waals surface area contributed by atoms with Crippen molar-refractivity contribution in [3.05, 3.63) is 123 Å². The van der Waals surface area contributed by atoms with Gasteiger partial charge in [0.15, 0.2) is 4.80 Å². The second-order valence-corrected chi connectivity index (χ2v) is 10.9. The van der Waals surface area contributed by atoms with Gasteiger partial charge in [-0.15, -0.1) is 0 Å². The van der Waals surface area contributed by atoms with Crippen molar-refractivity contribution in [1.29, 1.82) is 0 Å². The van der Waals surface area contributed by atoms with Crippen molar-refractivity contribution in [1.82, 2.24) is 4.57 Å². The molecule has 0 bridgehead atoms. The molecule has 1 atom stereocenters. The van der Waals surface area contributed by atoms with E-state index in [2.05, 4.69) is 28.1 Å². The van der Waals surface area contributed by atoms with Crippen LogP contribution in [0.1, 0.15) is 34.7 Å². The van der Waals surface area contributed by atoms with E-state index in [1.807, 2.05) is 36.4 Å². The molecule has 0 saturated carbocycles. The highest BCUT2D eigenvalue weighted by Gasteiger charge is 2.32. The summed E-state index contributed by atoms with van der Waals surface area (Å²) < 4.78 is 7.77. The number of rotatable bonds is 4. The van der Waals surface area contributed by atoms with Gasteiger partial charge in [0.25, 0.3) is 5.56 Å². The molecular formula is C28H20BrN3O5S. The molecule has 38 heavy (non-hydrogen) atoms. The SMILES string of the molecule is COc1ccc([C@H]2C3=C(N=c4s/c(=C\c5cc(Br)cc([N+](=O)[O-])c5O)c(=O)n42)c2ccccc2CC3)cc1. The van der Waals surface area contributed by atoms with Crippen molar-refractivity contribution in [2.45, 2.75) is 18.9 Å². The number of phenolic OH excluding ortho intramolecular Hbond substituents is 1. The average molecular weight is 590 g/mol. The van der Waals surface area contributed by atoms with E-state index < -0.39 is 16.4 Å². The Morgan fingerprint density at radius 3 is 2.68 bits per heavy atom. The lowest BCUT2D eigenvalue weighted by atomic mass is 9.83. The first-order valence-corrected chi connectivity index (χ1v) is 13.4. The number of nitro benzene ring substituents is 1. The topological polar surface area (TPSA) is 107 Å². The van der Waals surface area contributed by atoms with Crippen LogP contribution < -0.4 is 19.6 Å². The summed E-state index contributed by atoms with van der Waals surface area (Å²) in [6, 6.07) is 18.3. The first-order valence-electron chi connectivity index (χ1n) is 11.8. The summed E-state index contributed by atoms with van der Waals surface area (Å²) in [7, 11) is 1.61. The third kappa shape index (κ3) is 3.97. The van der Waals surface area contributed by atoms with Gasteiger partial charge in [-0.05, 0) is 53.8 Å². The van der Waals surface area contributed by atoms with E-state index in [9.17, 15) is 20.0 Å². The minimum atomic E-state index is -0.659. The maximum absolute atomic E-state index is 13.9. The van der Waals surface area contributed by atoms with Crippen LogP contribution >= 0.6 is 27.3 Å². The summed E-state index contributed by atoms with van der Waals surface area (Å²) in [6.07, 6.45) is 3.09. The molecule has 0 saturated heterocycles. The zero-order chi connectivity index (χ0) is 26.6. The van der Waals surface area contributed by atoms with Crippen LogP contribution in [-0.2, 0) is 6.42 Å². The standard InChI is InChI=1S/C28H20BrN3O5S/c1-37-19-9-6-16(7-10-19)25-21-11-8-15-4-2-3-5-20(15)24(21)30-28-31(25)27(34)23(38-28)13-17-12-18(29)14-22(26(17)33)32(35)36/h2-7,9-10,12-14,25,33H,8,11H2,1H3/b23-13-/t25-/m0/s1. The fourth-order valence-corrected chi connectivity index (χ4v) is 6.56. The van der Waals surface area contributed by atoms with Crippen LogP contribution in [0.2, 0.25) is 0 Å². The number of thiazole rings is 1. The summed E-state index contributed by atoms with van der Waals surface area (Å²) in [5.41, 5.74) is 4.60. The van der Waals surface area contributed by atoms with Crippen molar-refractivity contribution in [2.75, 3.05) is 7.11 Å². The Kier molecular flexibility index (Phi) is 6.00. The number of methoxy groups -OCH3 is 1. The number of aromatic nitrogens is 1. The first kappa shape index (κ1) is 24.3. The van der Waals surface area contributed by atoms with Gasteiger partial charge in [0.2, 0.25) is 5.75 Å². The Balaban J connectivity index is 1.61. The molecule has 1 aromatic heterocycles. The molecule has 10 heteroatoms. The Hall–Kier alpha value is -4.02. The second-order valence-electron chi connectivity index (χ2n) is 9.01. The lowest BCUT2D eigenvalue weighted by molar-refractivity contribution is -0.385. The maximum atomic E-state index is 13.9. The number of aromatic hydroxyl groups is 1. The third-order valence-corrected chi connectivity index (χ3v) is 8.31. The smallest absolute Gasteiger partial charge is 0.312 e. The third-order valence-electron chi connectivity index (χ3n) is 6.87. The number of hydrogen-bond donors (Lipinski definition) is 1. The molecule has 1 aliphatic heterocycles. The lowest BCUT2D eigenvalue weighted by Crippen LogP contribution is -2.38. The molecule has 0 spiro atoms. The Bertz CT molecular complexity index is 1840. The molecule has 8 nitrogen and oxygen atoms in total. The van der Waals surface area contributed by atoms with E-state index in [1.165, 1.54) is 29.0 Å². The number of hydrogen-bond acceptors (Lipinski definition) is 7. The quantitative estimate of drug-likeness (QED) is 0.274. The summed E-state index contributed by atoms with van der Waals surface area (Å²) in [5.74, 6) is 0.222. The molecule has 4 aromatic rings. The van der Waals surface area contributed by atoms with Crippen LogP contribution in [0.5, 0.6) is 11.5 Å².